The van der Waals surface area contributed by atoms with Crippen LogP contribution in [-0.2, 0) is 16.0 Å². The minimum Gasteiger partial charge on any atom is -0.507 e. The van der Waals surface area contributed by atoms with Gasteiger partial charge in [0, 0.05) is 11.6 Å². The van der Waals surface area contributed by atoms with Gasteiger partial charge in [0.25, 0.3) is 11.7 Å². The summed E-state index contributed by atoms with van der Waals surface area (Å²) in [6.07, 6.45) is 6.70. The molecular weight excluding hydrogens is 430 g/mol. The smallest absolute Gasteiger partial charge is 0.295 e. The Labute approximate surface area is 200 Å². The van der Waals surface area contributed by atoms with Gasteiger partial charge in [0.2, 0.25) is 0 Å². The Hall–Kier alpha value is -3.28. The number of carbonyl (C=O) groups excluding carboxylic acids is 2. The van der Waals surface area contributed by atoms with Crippen LogP contribution in [0.25, 0.3) is 5.76 Å². The fourth-order valence-corrected chi connectivity index (χ4v) is 5.52. The fraction of sp³-hybridized carbons (Fsp3) is 0.429. The Kier molecular flexibility index (Phi) is 6.31. The molecule has 1 atom stereocenters. The number of nitrogens with zero attached hydrogens (tertiary/aromatic N) is 1. The van der Waals surface area contributed by atoms with Crippen LogP contribution in [0.4, 0.5) is 0 Å². The molecule has 6 nitrogen and oxygen atoms in total. The van der Waals surface area contributed by atoms with Gasteiger partial charge < -0.3 is 19.5 Å². The minimum atomic E-state index is -0.643. The molecule has 2 aliphatic heterocycles. The maximum Gasteiger partial charge on any atom is 0.295 e. The lowest BCUT2D eigenvalue weighted by Gasteiger charge is -2.35. The molecule has 6 heteroatoms. The van der Waals surface area contributed by atoms with Crippen LogP contribution in [0, 0.1) is 0 Å². The van der Waals surface area contributed by atoms with Gasteiger partial charge in [0.1, 0.15) is 17.3 Å². The Morgan fingerprint density at radius 1 is 1.09 bits per heavy atom. The van der Waals surface area contributed by atoms with Crippen LogP contribution in [0.1, 0.15) is 68.2 Å². The van der Waals surface area contributed by atoms with Gasteiger partial charge in [0.05, 0.1) is 24.8 Å². The van der Waals surface area contributed by atoms with Crippen molar-refractivity contribution in [3.63, 3.8) is 0 Å². The van der Waals surface area contributed by atoms with E-state index in [0.29, 0.717) is 24.5 Å². The Bertz CT molecular complexity index is 1130. The molecule has 1 amide bonds. The number of ketones is 1. The monoisotopic (exact) mass is 461 g/mol. The van der Waals surface area contributed by atoms with Crippen molar-refractivity contribution in [3.8, 4) is 11.5 Å². The van der Waals surface area contributed by atoms with E-state index in [1.165, 1.54) is 0 Å². The number of rotatable bonds is 5. The van der Waals surface area contributed by atoms with Gasteiger partial charge in [0.15, 0.2) is 0 Å². The number of fused-ring (bicyclic) bond motifs is 1. The lowest BCUT2D eigenvalue weighted by Crippen LogP contribution is -2.40. The van der Waals surface area contributed by atoms with Gasteiger partial charge >= 0.3 is 0 Å². The molecule has 1 aliphatic carbocycles. The number of hydrogen-bond donors (Lipinski definition) is 1. The SMILES string of the molecule is CCOc1cccc(C2/C(=C(/O)c3ccc4c(c3)CCCO4)C(=O)C(=O)N2C2CCCCC2)c1. The number of Topliss-reactive ketones (excluding diaryl/α,β-unsaturated/α-hetero) is 1. The van der Waals surface area contributed by atoms with E-state index in [1.54, 1.807) is 11.0 Å². The molecule has 1 saturated heterocycles. The van der Waals surface area contributed by atoms with Crippen LogP contribution >= 0.6 is 0 Å². The second-order valence-electron chi connectivity index (χ2n) is 9.28. The summed E-state index contributed by atoms with van der Waals surface area (Å²) in [7, 11) is 0. The number of likely N-dealkylation sites (tertiary alicyclic amines) is 1. The number of benzene rings is 2. The lowest BCUT2D eigenvalue weighted by molar-refractivity contribution is -0.141. The van der Waals surface area contributed by atoms with Crippen LogP contribution in [0.15, 0.2) is 48.0 Å². The summed E-state index contributed by atoms with van der Waals surface area (Å²) in [5.74, 6) is 0.217. The Balaban J connectivity index is 1.63. The van der Waals surface area contributed by atoms with Gasteiger partial charge in [-0.25, -0.2) is 0 Å². The second kappa shape index (κ2) is 9.53. The Morgan fingerprint density at radius 2 is 1.91 bits per heavy atom. The largest absolute Gasteiger partial charge is 0.507 e. The van der Waals surface area contributed by atoms with E-state index in [-0.39, 0.29) is 17.4 Å². The number of aliphatic hydroxyl groups is 1. The van der Waals surface area contributed by atoms with Crippen molar-refractivity contribution < 1.29 is 24.2 Å². The molecule has 0 radical (unpaired) electrons. The number of hydrogen-bond acceptors (Lipinski definition) is 5. The number of carbonyl (C=O) groups is 2. The summed E-state index contributed by atoms with van der Waals surface area (Å²) in [5, 5.41) is 11.4. The summed E-state index contributed by atoms with van der Waals surface area (Å²) in [6, 6.07) is 12.3. The van der Waals surface area contributed by atoms with Crippen molar-refractivity contribution >= 4 is 17.4 Å². The highest BCUT2D eigenvalue weighted by molar-refractivity contribution is 6.46. The van der Waals surface area contributed by atoms with E-state index >= 15 is 0 Å². The maximum absolute atomic E-state index is 13.4. The molecule has 0 bridgehead atoms. The van der Waals surface area contributed by atoms with Gasteiger partial charge in [-0.05, 0) is 74.1 Å². The molecular formula is C28H31NO5. The first-order valence-electron chi connectivity index (χ1n) is 12.4. The van der Waals surface area contributed by atoms with Gasteiger partial charge in [-0.1, -0.05) is 31.4 Å². The first-order valence-corrected chi connectivity index (χ1v) is 12.4. The highest BCUT2D eigenvalue weighted by Gasteiger charge is 2.49. The zero-order valence-electron chi connectivity index (χ0n) is 19.6. The third kappa shape index (κ3) is 4.06. The first-order chi connectivity index (χ1) is 16.6. The fourth-order valence-electron chi connectivity index (χ4n) is 5.52. The summed E-state index contributed by atoms with van der Waals surface area (Å²) in [4.78, 5) is 28.5. The Morgan fingerprint density at radius 3 is 2.71 bits per heavy atom. The molecule has 1 unspecified atom stereocenters. The molecule has 3 aliphatic rings. The molecule has 2 fully saturated rings. The number of ether oxygens (including phenoxy) is 2. The third-order valence-corrected chi connectivity index (χ3v) is 7.11. The zero-order valence-corrected chi connectivity index (χ0v) is 19.6. The molecule has 0 spiro atoms. The molecule has 2 aromatic carbocycles. The first kappa shape index (κ1) is 22.5. The second-order valence-corrected chi connectivity index (χ2v) is 9.28. The van der Waals surface area contributed by atoms with Crippen LogP contribution < -0.4 is 9.47 Å². The average Bonchev–Trinajstić information content (AvgIpc) is 3.14. The number of aliphatic hydroxyl groups excluding tert-OH is 1. The predicted molar refractivity (Wildman–Crippen MR) is 129 cm³/mol. The van der Waals surface area contributed by atoms with E-state index in [0.717, 1.165) is 61.8 Å². The van der Waals surface area contributed by atoms with Crippen molar-refractivity contribution in [3.05, 3.63) is 64.7 Å². The van der Waals surface area contributed by atoms with Crippen molar-refractivity contribution in [1.29, 1.82) is 0 Å². The average molecular weight is 462 g/mol. The maximum atomic E-state index is 13.4. The van der Waals surface area contributed by atoms with Gasteiger partial charge in [-0.2, -0.15) is 0 Å². The standard InChI is InChI=1S/C28H31NO5/c1-2-33-22-12-6-8-19(17-22)25-24(27(31)28(32)29(25)21-10-4-3-5-11-21)26(30)20-13-14-23-18(16-20)9-7-15-34-23/h6,8,12-14,16-17,21,25,30H,2-5,7,9-11,15H2,1H3/b26-24-. The third-order valence-electron chi connectivity index (χ3n) is 7.11. The predicted octanol–water partition coefficient (Wildman–Crippen LogP) is 5.16. The van der Waals surface area contributed by atoms with Gasteiger partial charge in [-0.15, -0.1) is 0 Å². The molecule has 178 valence electrons. The number of amides is 1. The molecule has 0 aromatic heterocycles. The van der Waals surface area contributed by atoms with E-state index < -0.39 is 17.7 Å². The van der Waals surface area contributed by atoms with Crippen molar-refractivity contribution in [2.75, 3.05) is 13.2 Å². The van der Waals surface area contributed by atoms with E-state index in [4.69, 9.17) is 9.47 Å². The zero-order chi connectivity index (χ0) is 23.7. The molecule has 1 saturated carbocycles. The van der Waals surface area contributed by atoms with Crippen molar-refractivity contribution in [2.24, 2.45) is 0 Å². The highest BCUT2D eigenvalue weighted by Crippen LogP contribution is 2.44. The topological polar surface area (TPSA) is 76.1 Å². The van der Waals surface area contributed by atoms with E-state index in [9.17, 15) is 14.7 Å². The summed E-state index contributed by atoms with van der Waals surface area (Å²) in [6.45, 7) is 3.12. The summed E-state index contributed by atoms with van der Waals surface area (Å²) in [5.41, 5.74) is 2.48. The van der Waals surface area contributed by atoms with Gasteiger partial charge in [-0.3, -0.25) is 9.59 Å². The molecule has 2 aromatic rings. The highest BCUT2D eigenvalue weighted by atomic mass is 16.5. The quantitative estimate of drug-likeness (QED) is 0.378. The summed E-state index contributed by atoms with van der Waals surface area (Å²) >= 11 is 0. The van der Waals surface area contributed by atoms with Crippen LogP contribution in [0.5, 0.6) is 11.5 Å². The van der Waals surface area contributed by atoms with Crippen LogP contribution in [0.3, 0.4) is 0 Å². The van der Waals surface area contributed by atoms with E-state index in [1.807, 2.05) is 43.3 Å². The van der Waals surface area contributed by atoms with Crippen LogP contribution in [-0.4, -0.2) is 41.0 Å². The van der Waals surface area contributed by atoms with E-state index in [2.05, 4.69) is 0 Å². The van der Waals surface area contributed by atoms with Crippen molar-refractivity contribution in [2.45, 2.75) is 64.0 Å². The molecule has 5 rings (SSSR count). The van der Waals surface area contributed by atoms with Crippen molar-refractivity contribution in [1.82, 2.24) is 4.90 Å². The molecule has 34 heavy (non-hydrogen) atoms. The lowest BCUT2D eigenvalue weighted by atomic mass is 9.90. The molecule has 1 N–H and O–H groups in total. The normalized spacial score (nSPS) is 22.4. The molecule has 2 heterocycles. The van der Waals surface area contributed by atoms with Crippen LogP contribution in [0.2, 0.25) is 0 Å². The number of aryl methyl sites for hydroxylation is 1. The summed E-state index contributed by atoms with van der Waals surface area (Å²) < 4.78 is 11.4. The minimum absolute atomic E-state index is 0.0202.